The van der Waals surface area contributed by atoms with Crippen LogP contribution in [0.15, 0.2) is 42.6 Å². The Balaban J connectivity index is 1.81. The van der Waals surface area contributed by atoms with Gasteiger partial charge in [-0.3, -0.25) is 5.10 Å². The summed E-state index contributed by atoms with van der Waals surface area (Å²) in [7, 11) is 0. The monoisotopic (exact) mass is 357 g/mol. The van der Waals surface area contributed by atoms with E-state index in [4.69, 9.17) is 4.98 Å². The van der Waals surface area contributed by atoms with Gasteiger partial charge in [0.1, 0.15) is 0 Å². The summed E-state index contributed by atoms with van der Waals surface area (Å²) in [5, 5.41) is 18.8. The first-order valence-electron chi connectivity index (χ1n) is 9.33. The smallest absolute Gasteiger partial charge is 0.335 e. The molecule has 2 heterocycles. The number of aromatic amines is 1. The van der Waals surface area contributed by atoms with Gasteiger partial charge in [0.25, 0.3) is 0 Å². The predicted octanol–water partition coefficient (Wildman–Crippen LogP) is 4.75. The lowest BCUT2D eigenvalue weighted by atomic mass is 9.92. The Morgan fingerprint density at radius 2 is 1.74 bits per heavy atom. The standard InChI is InChI=1S/C22H19N3O2/c26-22(27)14-8-6-13(7-9-14)21-16-5-3-1-2-4-15(16)20-17-12-23-25-18(17)10-11-19(20)24-21/h6-12H,1-5H2,(H,23,25)(H,26,27). The van der Waals surface area contributed by atoms with Crippen LogP contribution in [-0.2, 0) is 12.8 Å². The van der Waals surface area contributed by atoms with Crippen LogP contribution in [0.5, 0.6) is 0 Å². The molecule has 0 saturated carbocycles. The van der Waals surface area contributed by atoms with Crippen LogP contribution >= 0.6 is 0 Å². The number of benzene rings is 2. The minimum atomic E-state index is -0.908. The molecule has 5 rings (SSSR count). The second-order valence-corrected chi connectivity index (χ2v) is 7.15. The predicted molar refractivity (Wildman–Crippen MR) is 105 cm³/mol. The third-order valence-electron chi connectivity index (χ3n) is 5.55. The highest BCUT2D eigenvalue weighted by Gasteiger charge is 2.20. The van der Waals surface area contributed by atoms with E-state index in [0.717, 1.165) is 46.9 Å². The molecule has 0 unspecified atom stereocenters. The topological polar surface area (TPSA) is 78.9 Å². The van der Waals surface area contributed by atoms with Crippen molar-refractivity contribution < 1.29 is 9.90 Å². The van der Waals surface area contributed by atoms with Gasteiger partial charge < -0.3 is 5.11 Å². The van der Waals surface area contributed by atoms with Gasteiger partial charge in [-0.25, -0.2) is 9.78 Å². The van der Waals surface area contributed by atoms with Gasteiger partial charge in [0.15, 0.2) is 0 Å². The van der Waals surface area contributed by atoms with Crippen LogP contribution in [0.4, 0.5) is 0 Å². The number of rotatable bonds is 2. The minimum absolute atomic E-state index is 0.297. The van der Waals surface area contributed by atoms with E-state index in [1.54, 1.807) is 12.1 Å². The number of carboxylic acid groups (broad SMARTS) is 1. The average Bonchev–Trinajstić information content (AvgIpc) is 3.03. The first-order chi connectivity index (χ1) is 13.2. The number of aromatic carboxylic acids is 1. The zero-order valence-electron chi connectivity index (χ0n) is 14.8. The Kier molecular flexibility index (Phi) is 3.67. The maximum Gasteiger partial charge on any atom is 0.335 e. The summed E-state index contributed by atoms with van der Waals surface area (Å²) in [5.74, 6) is -0.908. The number of H-pyrrole nitrogens is 1. The molecule has 2 N–H and O–H groups in total. The molecular weight excluding hydrogens is 338 g/mol. The summed E-state index contributed by atoms with van der Waals surface area (Å²) in [6.07, 6.45) is 7.49. The number of aryl methyl sites for hydroxylation is 1. The number of carboxylic acids is 1. The summed E-state index contributed by atoms with van der Waals surface area (Å²) in [5.41, 5.74) is 6.95. The Hall–Kier alpha value is -3.21. The number of carbonyl (C=O) groups is 1. The molecule has 5 heteroatoms. The maximum absolute atomic E-state index is 11.2. The molecule has 4 aromatic rings. The number of aromatic nitrogens is 3. The Labute approximate surface area is 156 Å². The fourth-order valence-corrected chi connectivity index (χ4v) is 4.23. The van der Waals surface area contributed by atoms with Gasteiger partial charge in [-0.15, -0.1) is 0 Å². The van der Waals surface area contributed by atoms with E-state index >= 15 is 0 Å². The molecule has 0 spiro atoms. The van der Waals surface area contributed by atoms with Crippen LogP contribution in [0.25, 0.3) is 33.1 Å². The number of nitrogens with zero attached hydrogens (tertiary/aromatic N) is 2. The van der Waals surface area contributed by atoms with Crippen LogP contribution in [0, 0.1) is 0 Å². The maximum atomic E-state index is 11.2. The van der Waals surface area contributed by atoms with Gasteiger partial charge in [-0.1, -0.05) is 18.6 Å². The van der Waals surface area contributed by atoms with Crippen molar-refractivity contribution in [2.75, 3.05) is 0 Å². The molecular formula is C22H19N3O2. The highest BCUT2D eigenvalue weighted by molar-refractivity contribution is 6.07. The summed E-state index contributed by atoms with van der Waals surface area (Å²) in [4.78, 5) is 16.2. The third-order valence-corrected chi connectivity index (χ3v) is 5.55. The Morgan fingerprint density at radius 1 is 0.963 bits per heavy atom. The van der Waals surface area contributed by atoms with Crippen molar-refractivity contribution in [1.29, 1.82) is 0 Å². The van der Waals surface area contributed by atoms with Gasteiger partial charge in [0, 0.05) is 16.3 Å². The Morgan fingerprint density at radius 3 is 2.52 bits per heavy atom. The van der Waals surface area contributed by atoms with E-state index in [1.165, 1.54) is 29.4 Å². The second-order valence-electron chi connectivity index (χ2n) is 7.15. The molecule has 0 amide bonds. The first kappa shape index (κ1) is 16.0. The molecule has 0 atom stereocenters. The number of hydrogen-bond acceptors (Lipinski definition) is 3. The van der Waals surface area contributed by atoms with E-state index in [1.807, 2.05) is 24.4 Å². The molecule has 0 aliphatic heterocycles. The van der Waals surface area contributed by atoms with Crippen molar-refractivity contribution in [3.63, 3.8) is 0 Å². The number of nitrogens with one attached hydrogen (secondary N) is 1. The van der Waals surface area contributed by atoms with Crippen molar-refractivity contribution in [3.05, 3.63) is 59.3 Å². The van der Waals surface area contributed by atoms with E-state index in [-0.39, 0.29) is 0 Å². The normalized spacial score (nSPS) is 14.2. The van der Waals surface area contributed by atoms with Crippen molar-refractivity contribution >= 4 is 27.8 Å². The molecule has 2 aromatic carbocycles. The lowest BCUT2D eigenvalue weighted by Crippen LogP contribution is -2.01. The second kappa shape index (κ2) is 6.20. The molecule has 0 fully saturated rings. The van der Waals surface area contributed by atoms with E-state index in [9.17, 15) is 9.90 Å². The average molecular weight is 357 g/mol. The lowest BCUT2D eigenvalue weighted by Gasteiger charge is -2.16. The highest BCUT2D eigenvalue weighted by Crippen LogP contribution is 2.37. The van der Waals surface area contributed by atoms with Crippen LogP contribution in [-0.4, -0.2) is 26.3 Å². The third kappa shape index (κ3) is 2.58. The fraction of sp³-hybridized carbons (Fsp3) is 0.227. The van der Waals surface area contributed by atoms with Crippen molar-refractivity contribution in [3.8, 4) is 11.3 Å². The van der Waals surface area contributed by atoms with Gasteiger partial charge in [-0.2, -0.15) is 5.10 Å². The minimum Gasteiger partial charge on any atom is -0.478 e. The quantitative estimate of drug-likeness (QED) is 0.508. The SMILES string of the molecule is O=C(O)c1ccc(-c2nc3ccc4[nH]ncc4c3c3c2CCCCC3)cc1. The van der Waals surface area contributed by atoms with E-state index < -0.39 is 5.97 Å². The summed E-state index contributed by atoms with van der Waals surface area (Å²) < 4.78 is 0. The molecule has 0 saturated heterocycles. The molecule has 5 nitrogen and oxygen atoms in total. The molecule has 1 aliphatic carbocycles. The molecule has 27 heavy (non-hydrogen) atoms. The van der Waals surface area contributed by atoms with Crippen LogP contribution in [0.3, 0.4) is 0 Å². The van der Waals surface area contributed by atoms with Crippen LogP contribution in [0.2, 0.25) is 0 Å². The summed E-state index contributed by atoms with van der Waals surface area (Å²) in [6.45, 7) is 0. The number of fused-ring (bicyclic) bond motifs is 5. The summed E-state index contributed by atoms with van der Waals surface area (Å²) in [6, 6.07) is 11.1. The Bertz CT molecular complexity index is 1180. The lowest BCUT2D eigenvalue weighted by molar-refractivity contribution is 0.0697. The molecule has 1 aliphatic rings. The van der Waals surface area contributed by atoms with Gasteiger partial charge in [0.2, 0.25) is 0 Å². The molecule has 0 radical (unpaired) electrons. The van der Waals surface area contributed by atoms with E-state index in [0.29, 0.717) is 5.56 Å². The highest BCUT2D eigenvalue weighted by atomic mass is 16.4. The van der Waals surface area contributed by atoms with E-state index in [2.05, 4.69) is 16.3 Å². The molecule has 0 bridgehead atoms. The van der Waals surface area contributed by atoms with Gasteiger partial charge >= 0.3 is 5.97 Å². The zero-order valence-corrected chi connectivity index (χ0v) is 14.8. The first-order valence-corrected chi connectivity index (χ1v) is 9.33. The fourth-order valence-electron chi connectivity index (χ4n) is 4.23. The zero-order chi connectivity index (χ0) is 18.4. The van der Waals surface area contributed by atoms with Gasteiger partial charge in [-0.05, 0) is 61.1 Å². The number of hydrogen-bond donors (Lipinski definition) is 2. The van der Waals surface area contributed by atoms with Crippen molar-refractivity contribution in [1.82, 2.24) is 15.2 Å². The van der Waals surface area contributed by atoms with Crippen molar-refractivity contribution in [2.24, 2.45) is 0 Å². The summed E-state index contributed by atoms with van der Waals surface area (Å²) >= 11 is 0. The van der Waals surface area contributed by atoms with Gasteiger partial charge in [0.05, 0.1) is 28.5 Å². The largest absolute Gasteiger partial charge is 0.478 e. The van der Waals surface area contributed by atoms with Crippen LogP contribution < -0.4 is 0 Å². The molecule has 2 aromatic heterocycles. The molecule has 134 valence electrons. The number of pyridine rings is 1. The van der Waals surface area contributed by atoms with Crippen LogP contribution in [0.1, 0.15) is 40.7 Å². The van der Waals surface area contributed by atoms with Crippen molar-refractivity contribution in [2.45, 2.75) is 32.1 Å².